The van der Waals surface area contributed by atoms with Crippen LogP contribution in [0.15, 0.2) is 24.3 Å². The first-order valence-electron chi connectivity index (χ1n) is 7.94. The SMILES string of the molecule is CCc1ccc(N2CCC3(CCN(C(=O)O)CC3)C2=O)cc1. The summed E-state index contributed by atoms with van der Waals surface area (Å²) in [6.45, 7) is 3.77. The number of carboxylic acid groups (broad SMARTS) is 1. The number of rotatable bonds is 2. The van der Waals surface area contributed by atoms with Crippen molar-refractivity contribution in [1.29, 1.82) is 0 Å². The lowest BCUT2D eigenvalue weighted by Gasteiger charge is -2.36. The Kier molecular flexibility index (Phi) is 3.81. The molecule has 3 rings (SSSR count). The van der Waals surface area contributed by atoms with Gasteiger partial charge in [0.1, 0.15) is 0 Å². The van der Waals surface area contributed by atoms with Crippen LogP contribution < -0.4 is 4.90 Å². The first-order chi connectivity index (χ1) is 10.6. The van der Waals surface area contributed by atoms with Crippen molar-refractivity contribution in [2.24, 2.45) is 5.41 Å². The Labute approximate surface area is 130 Å². The number of piperidine rings is 1. The zero-order valence-corrected chi connectivity index (χ0v) is 12.9. The van der Waals surface area contributed by atoms with Gasteiger partial charge >= 0.3 is 6.09 Å². The molecule has 1 aromatic rings. The molecule has 2 heterocycles. The second-order valence-corrected chi connectivity index (χ2v) is 6.28. The van der Waals surface area contributed by atoms with Gasteiger partial charge in [0, 0.05) is 25.3 Å². The molecule has 0 atom stereocenters. The second-order valence-electron chi connectivity index (χ2n) is 6.28. The van der Waals surface area contributed by atoms with E-state index in [-0.39, 0.29) is 11.3 Å². The number of amides is 2. The Hall–Kier alpha value is -2.04. The van der Waals surface area contributed by atoms with Gasteiger partial charge in [-0.2, -0.15) is 0 Å². The van der Waals surface area contributed by atoms with Crippen molar-refractivity contribution >= 4 is 17.7 Å². The lowest BCUT2D eigenvalue weighted by atomic mass is 9.77. The van der Waals surface area contributed by atoms with E-state index in [1.807, 2.05) is 17.0 Å². The summed E-state index contributed by atoms with van der Waals surface area (Å²) in [5.74, 6) is 0.168. The van der Waals surface area contributed by atoms with Crippen LogP contribution in [0.4, 0.5) is 10.5 Å². The molecule has 1 N–H and O–H groups in total. The molecule has 0 unspecified atom stereocenters. The van der Waals surface area contributed by atoms with Crippen LogP contribution in [0.3, 0.4) is 0 Å². The number of carbonyl (C=O) groups is 2. The van der Waals surface area contributed by atoms with Gasteiger partial charge in [-0.05, 0) is 43.4 Å². The number of benzene rings is 1. The van der Waals surface area contributed by atoms with Gasteiger partial charge in [-0.15, -0.1) is 0 Å². The number of hydrogen-bond donors (Lipinski definition) is 1. The summed E-state index contributed by atoms with van der Waals surface area (Å²) in [7, 11) is 0. The van der Waals surface area contributed by atoms with Crippen LogP contribution in [-0.2, 0) is 11.2 Å². The van der Waals surface area contributed by atoms with E-state index in [2.05, 4.69) is 19.1 Å². The first kappa shape index (κ1) is 14.9. The van der Waals surface area contributed by atoms with Crippen LogP contribution in [0.1, 0.15) is 31.7 Å². The van der Waals surface area contributed by atoms with Crippen molar-refractivity contribution in [3.63, 3.8) is 0 Å². The van der Waals surface area contributed by atoms with Gasteiger partial charge in [-0.25, -0.2) is 4.79 Å². The Bertz CT molecular complexity index is 574. The average Bonchev–Trinajstić information content (AvgIpc) is 2.85. The van der Waals surface area contributed by atoms with Crippen molar-refractivity contribution < 1.29 is 14.7 Å². The first-order valence-corrected chi connectivity index (χ1v) is 7.94. The Morgan fingerprint density at radius 1 is 1.14 bits per heavy atom. The molecule has 2 aliphatic heterocycles. The van der Waals surface area contributed by atoms with E-state index in [1.165, 1.54) is 10.5 Å². The van der Waals surface area contributed by atoms with Crippen LogP contribution in [-0.4, -0.2) is 41.6 Å². The lowest BCUT2D eigenvalue weighted by molar-refractivity contribution is -0.127. The molecule has 0 aliphatic carbocycles. The molecule has 2 aliphatic rings. The molecule has 118 valence electrons. The lowest BCUT2D eigenvalue weighted by Crippen LogP contribution is -2.46. The summed E-state index contributed by atoms with van der Waals surface area (Å²) in [6.07, 6.45) is 2.22. The summed E-state index contributed by atoms with van der Waals surface area (Å²) in [5, 5.41) is 9.05. The molecule has 1 aromatic carbocycles. The molecular weight excluding hydrogens is 280 g/mol. The predicted octanol–water partition coefficient (Wildman–Crippen LogP) is 2.75. The van der Waals surface area contributed by atoms with E-state index in [1.54, 1.807) is 0 Å². The van der Waals surface area contributed by atoms with E-state index >= 15 is 0 Å². The van der Waals surface area contributed by atoms with Crippen LogP contribution in [0.2, 0.25) is 0 Å². The average molecular weight is 302 g/mol. The van der Waals surface area contributed by atoms with Crippen LogP contribution in [0, 0.1) is 5.41 Å². The smallest absolute Gasteiger partial charge is 0.407 e. The number of carbonyl (C=O) groups excluding carboxylic acids is 1. The number of nitrogens with zero attached hydrogens (tertiary/aromatic N) is 2. The largest absolute Gasteiger partial charge is 0.465 e. The zero-order chi connectivity index (χ0) is 15.7. The van der Waals surface area contributed by atoms with E-state index < -0.39 is 6.09 Å². The molecular formula is C17H22N2O3. The summed E-state index contributed by atoms with van der Waals surface area (Å²) in [4.78, 5) is 27.2. The molecule has 0 radical (unpaired) electrons. The summed E-state index contributed by atoms with van der Waals surface area (Å²) in [5.41, 5.74) is 1.87. The van der Waals surface area contributed by atoms with Gasteiger partial charge in [0.2, 0.25) is 5.91 Å². The third-order valence-electron chi connectivity index (χ3n) is 5.16. The fraction of sp³-hybridized carbons (Fsp3) is 0.529. The molecule has 0 saturated carbocycles. The molecule has 1 spiro atoms. The van der Waals surface area contributed by atoms with E-state index in [4.69, 9.17) is 5.11 Å². The minimum Gasteiger partial charge on any atom is -0.465 e. The molecule has 0 bridgehead atoms. The van der Waals surface area contributed by atoms with Crippen molar-refractivity contribution in [2.75, 3.05) is 24.5 Å². The predicted molar refractivity (Wildman–Crippen MR) is 84.1 cm³/mol. The zero-order valence-electron chi connectivity index (χ0n) is 12.9. The highest BCUT2D eigenvalue weighted by atomic mass is 16.4. The fourth-order valence-electron chi connectivity index (χ4n) is 3.57. The molecule has 5 heteroatoms. The molecule has 5 nitrogen and oxygen atoms in total. The Morgan fingerprint density at radius 2 is 1.73 bits per heavy atom. The standard InChI is InChI=1S/C17H22N2O3/c1-2-13-3-5-14(6-4-13)19-12-9-17(15(19)20)7-10-18(11-8-17)16(21)22/h3-6H,2,7-12H2,1H3,(H,21,22). The maximum absolute atomic E-state index is 12.9. The quantitative estimate of drug-likeness (QED) is 0.913. The summed E-state index contributed by atoms with van der Waals surface area (Å²) < 4.78 is 0. The number of hydrogen-bond acceptors (Lipinski definition) is 2. The minimum atomic E-state index is -0.882. The van der Waals surface area contributed by atoms with Gasteiger partial charge in [-0.1, -0.05) is 19.1 Å². The third-order valence-corrected chi connectivity index (χ3v) is 5.16. The van der Waals surface area contributed by atoms with E-state index in [0.29, 0.717) is 25.9 Å². The van der Waals surface area contributed by atoms with Crippen molar-refractivity contribution in [3.8, 4) is 0 Å². The monoisotopic (exact) mass is 302 g/mol. The van der Waals surface area contributed by atoms with Crippen LogP contribution in [0.5, 0.6) is 0 Å². The van der Waals surface area contributed by atoms with Gasteiger partial charge in [0.25, 0.3) is 0 Å². The molecule has 2 saturated heterocycles. The van der Waals surface area contributed by atoms with Gasteiger partial charge in [-0.3, -0.25) is 4.79 Å². The molecule has 2 fully saturated rings. The van der Waals surface area contributed by atoms with E-state index in [9.17, 15) is 9.59 Å². The molecule has 2 amide bonds. The highest BCUT2D eigenvalue weighted by Gasteiger charge is 2.48. The van der Waals surface area contributed by atoms with Crippen molar-refractivity contribution in [3.05, 3.63) is 29.8 Å². The Balaban J connectivity index is 1.73. The van der Waals surface area contributed by atoms with Gasteiger partial charge in [0.15, 0.2) is 0 Å². The van der Waals surface area contributed by atoms with Crippen molar-refractivity contribution in [1.82, 2.24) is 4.90 Å². The van der Waals surface area contributed by atoms with Gasteiger partial charge < -0.3 is 14.9 Å². The summed E-state index contributed by atoms with van der Waals surface area (Å²) >= 11 is 0. The maximum Gasteiger partial charge on any atom is 0.407 e. The number of likely N-dealkylation sites (tertiary alicyclic amines) is 1. The minimum absolute atomic E-state index is 0.168. The fourth-order valence-corrected chi connectivity index (χ4v) is 3.57. The molecule has 22 heavy (non-hydrogen) atoms. The normalized spacial score (nSPS) is 20.7. The highest BCUT2D eigenvalue weighted by molar-refractivity contribution is 6.00. The van der Waals surface area contributed by atoms with Crippen LogP contribution >= 0.6 is 0 Å². The maximum atomic E-state index is 12.9. The van der Waals surface area contributed by atoms with Gasteiger partial charge in [0.05, 0.1) is 5.41 Å². The number of aryl methyl sites for hydroxylation is 1. The van der Waals surface area contributed by atoms with Crippen LogP contribution in [0.25, 0.3) is 0 Å². The molecule has 0 aromatic heterocycles. The third kappa shape index (κ3) is 2.45. The topological polar surface area (TPSA) is 60.9 Å². The second kappa shape index (κ2) is 5.63. The van der Waals surface area contributed by atoms with E-state index in [0.717, 1.165) is 25.1 Å². The summed E-state index contributed by atoms with van der Waals surface area (Å²) in [6, 6.07) is 8.17. The highest BCUT2D eigenvalue weighted by Crippen LogP contribution is 2.43. The number of anilines is 1. The van der Waals surface area contributed by atoms with Crippen molar-refractivity contribution in [2.45, 2.75) is 32.6 Å². The Morgan fingerprint density at radius 3 is 2.27 bits per heavy atom.